The second kappa shape index (κ2) is 13.8. The van der Waals surface area contributed by atoms with Crippen molar-refractivity contribution < 1.29 is 5.11 Å². The van der Waals surface area contributed by atoms with Gasteiger partial charge in [-0.15, -0.1) is 12.4 Å². The number of hydrogen-bond acceptors (Lipinski definition) is 3. The maximum Gasteiger partial charge on any atom is 0.115 e. The van der Waals surface area contributed by atoms with Gasteiger partial charge in [0.25, 0.3) is 0 Å². The summed E-state index contributed by atoms with van der Waals surface area (Å²) in [5.41, 5.74) is 5.61. The summed E-state index contributed by atoms with van der Waals surface area (Å²) in [5.74, 6) is 1.04. The Hall–Kier alpha value is -2.10. The van der Waals surface area contributed by atoms with Crippen LogP contribution in [0.5, 0.6) is 5.75 Å². The van der Waals surface area contributed by atoms with Crippen LogP contribution in [0.25, 0.3) is 0 Å². The van der Waals surface area contributed by atoms with Crippen molar-refractivity contribution in [1.82, 2.24) is 4.90 Å². The third kappa shape index (κ3) is 7.69. The number of nitrogens with zero attached hydrogens (tertiary/aromatic N) is 2. The van der Waals surface area contributed by atoms with Crippen molar-refractivity contribution in [3.05, 3.63) is 77.6 Å². The van der Waals surface area contributed by atoms with E-state index >= 15 is 0 Å². The molecule has 2 heterocycles. The first-order valence-corrected chi connectivity index (χ1v) is 13.1. The highest BCUT2D eigenvalue weighted by Crippen LogP contribution is 2.49. The lowest BCUT2D eigenvalue weighted by Gasteiger charge is -2.54. The zero-order valence-corrected chi connectivity index (χ0v) is 23.2. The third-order valence-electron chi connectivity index (χ3n) is 7.83. The van der Waals surface area contributed by atoms with Gasteiger partial charge in [-0.2, -0.15) is 0 Å². The van der Waals surface area contributed by atoms with Gasteiger partial charge in [0.1, 0.15) is 5.75 Å². The molecule has 0 aromatic heterocycles. The summed E-state index contributed by atoms with van der Waals surface area (Å²) < 4.78 is 0. The van der Waals surface area contributed by atoms with Crippen LogP contribution in [0.2, 0.25) is 0 Å². The monoisotopic (exact) mass is 496 g/mol. The predicted molar refractivity (Wildman–Crippen MR) is 154 cm³/mol. The molecule has 3 aliphatic rings. The lowest BCUT2D eigenvalue weighted by molar-refractivity contribution is 0.0397. The molecule has 1 aromatic carbocycles. The van der Waals surface area contributed by atoms with E-state index in [1.54, 1.807) is 0 Å². The molecule has 1 fully saturated rings. The highest BCUT2D eigenvalue weighted by Gasteiger charge is 2.48. The molecule has 4 rings (SSSR count). The molecule has 0 unspecified atom stereocenters. The van der Waals surface area contributed by atoms with Crippen LogP contribution >= 0.6 is 12.4 Å². The summed E-state index contributed by atoms with van der Waals surface area (Å²) in [6.45, 7) is 13.6. The van der Waals surface area contributed by atoms with Gasteiger partial charge in [-0.3, -0.25) is 9.89 Å². The number of phenols is 1. The van der Waals surface area contributed by atoms with Crippen molar-refractivity contribution in [3.8, 4) is 5.75 Å². The number of unbranched alkanes of at least 4 members (excludes halogenated alkanes) is 2. The molecule has 1 N–H and O–H groups in total. The molecule has 1 aromatic rings. The number of fused-ring (bicyclic) bond motifs is 4. The molecule has 2 bridgehead atoms. The average Bonchev–Trinajstić information content (AvgIpc) is 2.78. The lowest BCUT2D eigenvalue weighted by atomic mass is 9.59. The Morgan fingerprint density at radius 2 is 1.94 bits per heavy atom. The number of likely N-dealkylation sites (tertiary alicyclic amines) is 1. The molecule has 0 spiro atoms. The number of halogens is 1. The van der Waals surface area contributed by atoms with Gasteiger partial charge in [0, 0.05) is 24.5 Å². The van der Waals surface area contributed by atoms with Gasteiger partial charge >= 0.3 is 0 Å². The van der Waals surface area contributed by atoms with E-state index in [1.165, 1.54) is 48.1 Å². The van der Waals surface area contributed by atoms with Gasteiger partial charge in [-0.25, -0.2) is 0 Å². The average molecular weight is 497 g/mol. The summed E-state index contributed by atoms with van der Waals surface area (Å²) in [6.07, 6.45) is 21.5. The standard InChI is InChI=1S/C19H27NO.C12H17N.ClH/c1-13(2)7-9-20-10-8-19(4)14(3)18(20)11-15-5-6-16(21)12-17(15)19;1-2-3-6-9-12-10-7-4-5-8-11-13-12;/h5-7,12,14,18,21H,8-11H2,1-4H3;4-5,7-8,10-11H,2-3,6,9H2,1H3;1H/t14-,18+,19+;;/m0../s1. The number of benzene rings is 1. The highest BCUT2D eigenvalue weighted by atomic mass is 35.5. The number of aromatic hydroxyl groups is 1. The Kier molecular flexibility index (Phi) is 11.5. The largest absolute Gasteiger partial charge is 0.508 e. The van der Waals surface area contributed by atoms with E-state index < -0.39 is 0 Å². The van der Waals surface area contributed by atoms with E-state index in [0.717, 1.165) is 25.9 Å². The van der Waals surface area contributed by atoms with Gasteiger partial charge in [-0.1, -0.05) is 69.6 Å². The fourth-order valence-electron chi connectivity index (χ4n) is 5.45. The Balaban J connectivity index is 0.000000268. The van der Waals surface area contributed by atoms with Crippen LogP contribution in [0.15, 0.2) is 71.4 Å². The molecule has 0 saturated carbocycles. The van der Waals surface area contributed by atoms with Crippen LogP contribution in [-0.2, 0) is 11.8 Å². The SMILES string of the molecule is CC(C)=CCN1CC[C@@]2(C)c3cc(O)ccc3C[C@@H]1[C@@H]2C.CCCCCC1=NC=CC=CC=C1.Cl. The van der Waals surface area contributed by atoms with E-state index in [1.807, 2.05) is 42.6 Å². The molecule has 4 heteroatoms. The smallest absolute Gasteiger partial charge is 0.115 e. The van der Waals surface area contributed by atoms with Crippen molar-refractivity contribution >= 4 is 18.1 Å². The minimum absolute atomic E-state index is 0. The maximum absolute atomic E-state index is 9.87. The fraction of sp³-hybridized carbons (Fsp3) is 0.516. The summed E-state index contributed by atoms with van der Waals surface area (Å²) in [5, 5.41) is 9.87. The topological polar surface area (TPSA) is 35.8 Å². The summed E-state index contributed by atoms with van der Waals surface area (Å²) in [6, 6.07) is 6.60. The van der Waals surface area contributed by atoms with Crippen LogP contribution < -0.4 is 0 Å². The third-order valence-corrected chi connectivity index (χ3v) is 7.83. The molecular weight excluding hydrogens is 452 g/mol. The van der Waals surface area contributed by atoms with Crippen molar-refractivity contribution in [1.29, 1.82) is 0 Å². The first-order chi connectivity index (χ1) is 16.3. The van der Waals surface area contributed by atoms with E-state index in [-0.39, 0.29) is 17.8 Å². The lowest BCUT2D eigenvalue weighted by Crippen LogP contribution is -2.57. The maximum atomic E-state index is 9.87. The van der Waals surface area contributed by atoms with Crippen molar-refractivity contribution in [2.24, 2.45) is 10.9 Å². The van der Waals surface area contributed by atoms with Crippen LogP contribution in [0.1, 0.15) is 77.8 Å². The number of aliphatic imine (C=N–C) groups is 1. The Morgan fingerprint density at radius 3 is 2.69 bits per heavy atom. The van der Waals surface area contributed by atoms with Gasteiger partial charge < -0.3 is 5.11 Å². The molecule has 2 aliphatic heterocycles. The molecule has 0 radical (unpaired) electrons. The summed E-state index contributed by atoms with van der Waals surface area (Å²) in [7, 11) is 0. The molecule has 1 aliphatic carbocycles. The molecule has 1 saturated heterocycles. The van der Waals surface area contributed by atoms with Crippen molar-refractivity contribution in [3.63, 3.8) is 0 Å². The fourth-order valence-corrected chi connectivity index (χ4v) is 5.45. The zero-order valence-electron chi connectivity index (χ0n) is 22.3. The van der Waals surface area contributed by atoms with Crippen LogP contribution in [-0.4, -0.2) is 34.8 Å². The number of piperidine rings is 1. The predicted octanol–water partition coefficient (Wildman–Crippen LogP) is 7.95. The summed E-state index contributed by atoms with van der Waals surface area (Å²) >= 11 is 0. The Morgan fingerprint density at radius 1 is 1.17 bits per heavy atom. The highest BCUT2D eigenvalue weighted by molar-refractivity contribution is 5.95. The second-order valence-electron chi connectivity index (χ2n) is 10.5. The van der Waals surface area contributed by atoms with Crippen LogP contribution in [0.4, 0.5) is 0 Å². The minimum Gasteiger partial charge on any atom is -0.508 e. The number of allylic oxidation sites excluding steroid dienone is 6. The molecule has 0 amide bonds. The molecular formula is C31H45ClN2O. The van der Waals surface area contributed by atoms with Gasteiger partial charge in [0.15, 0.2) is 0 Å². The summed E-state index contributed by atoms with van der Waals surface area (Å²) in [4.78, 5) is 7.00. The number of rotatable bonds is 6. The van der Waals surface area contributed by atoms with E-state index in [4.69, 9.17) is 0 Å². The second-order valence-corrected chi connectivity index (χ2v) is 10.5. The van der Waals surface area contributed by atoms with Gasteiger partial charge in [0.05, 0.1) is 0 Å². The van der Waals surface area contributed by atoms with Gasteiger partial charge in [-0.05, 0) is 92.8 Å². The Bertz CT molecular complexity index is 970. The first-order valence-electron chi connectivity index (χ1n) is 13.1. The Labute approximate surface area is 219 Å². The molecule has 192 valence electrons. The minimum atomic E-state index is 0. The molecule has 35 heavy (non-hydrogen) atoms. The molecule has 3 atom stereocenters. The van der Waals surface area contributed by atoms with E-state index in [2.05, 4.69) is 62.7 Å². The van der Waals surface area contributed by atoms with E-state index in [9.17, 15) is 5.11 Å². The van der Waals surface area contributed by atoms with Crippen LogP contribution in [0, 0.1) is 5.92 Å². The normalized spacial score (nSPS) is 24.7. The van der Waals surface area contributed by atoms with Crippen LogP contribution in [0.3, 0.4) is 0 Å². The number of hydrogen-bond donors (Lipinski definition) is 1. The quantitative estimate of drug-likeness (QED) is 0.320. The van der Waals surface area contributed by atoms with E-state index in [0.29, 0.717) is 17.7 Å². The molecule has 3 nitrogen and oxygen atoms in total. The number of phenolic OH excluding ortho intramolecular Hbond substituents is 1. The first kappa shape index (κ1) is 29.1. The van der Waals surface area contributed by atoms with Crippen molar-refractivity contribution in [2.75, 3.05) is 13.1 Å². The van der Waals surface area contributed by atoms with Gasteiger partial charge in [0.2, 0.25) is 0 Å². The van der Waals surface area contributed by atoms with Crippen molar-refractivity contribution in [2.45, 2.75) is 84.6 Å². The zero-order chi connectivity index (χ0) is 24.6.